The zero-order valence-electron chi connectivity index (χ0n) is 11.7. The molecule has 0 aromatic heterocycles. The van der Waals surface area contributed by atoms with E-state index in [9.17, 15) is 9.18 Å². The molecule has 0 aliphatic carbocycles. The molecule has 1 amide bonds. The number of nitrogens with zero attached hydrogens (tertiary/aromatic N) is 1. The second-order valence-corrected chi connectivity index (χ2v) is 4.81. The molecule has 1 aliphatic heterocycles. The predicted molar refractivity (Wildman–Crippen MR) is 78.1 cm³/mol. The number of halogens is 2. The third kappa shape index (κ3) is 3.61. The average molecular weight is 303 g/mol. The van der Waals surface area contributed by atoms with Crippen molar-refractivity contribution in [2.24, 2.45) is 5.92 Å². The van der Waals surface area contributed by atoms with Crippen molar-refractivity contribution in [1.82, 2.24) is 10.2 Å². The van der Waals surface area contributed by atoms with Crippen molar-refractivity contribution in [3.63, 3.8) is 0 Å². The number of rotatable bonds is 4. The Kier molecular flexibility index (Phi) is 6.23. The molecular formula is C14H20ClFN2O2. The Bertz CT molecular complexity index is 470. The fourth-order valence-electron chi connectivity index (χ4n) is 2.45. The van der Waals surface area contributed by atoms with Crippen molar-refractivity contribution in [3.8, 4) is 5.75 Å². The van der Waals surface area contributed by atoms with E-state index in [0.29, 0.717) is 11.5 Å². The van der Waals surface area contributed by atoms with Gasteiger partial charge in [-0.05, 0) is 44.1 Å². The fourth-order valence-corrected chi connectivity index (χ4v) is 2.45. The van der Waals surface area contributed by atoms with Gasteiger partial charge in [0.1, 0.15) is 0 Å². The molecule has 1 fully saturated rings. The molecule has 2 rings (SSSR count). The molecular weight excluding hydrogens is 283 g/mol. The highest BCUT2D eigenvalue weighted by molar-refractivity contribution is 5.94. The first-order chi connectivity index (χ1) is 9.15. The van der Waals surface area contributed by atoms with Crippen LogP contribution in [0.1, 0.15) is 16.8 Å². The number of carbonyl (C=O) groups excluding carboxylic acids is 1. The third-order valence-electron chi connectivity index (χ3n) is 3.46. The number of ether oxygens (including phenoxy) is 1. The first kappa shape index (κ1) is 16.7. The van der Waals surface area contributed by atoms with E-state index in [4.69, 9.17) is 4.74 Å². The Labute approximate surface area is 124 Å². The SMILES string of the molecule is CNCC1CCN(C(=O)c2ccc(OC)c(F)c2)C1.Cl. The first-order valence-electron chi connectivity index (χ1n) is 6.43. The van der Waals surface area contributed by atoms with E-state index in [0.717, 1.165) is 26.1 Å². The van der Waals surface area contributed by atoms with Gasteiger partial charge in [0.25, 0.3) is 5.91 Å². The molecule has 1 aromatic carbocycles. The lowest BCUT2D eigenvalue weighted by atomic mass is 10.1. The van der Waals surface area contributed by atoms with Gasteiger partial charge in [-0.1, -0.05) is 0 Å². The van der Waals surface area contributed by atoms with Gasteiger partial charge in [-0.25, -0.2) is 4.39 Å². The molecule has 0 saturated carbocycles. The maximum atomic E-state index is 13.6. The summed E-state index contributed by atoms with van der Waals surface area (Å²) >= 11 is 0. The number of benzene rings is 1. The van der Waals surface area contributed by atoms with Crippen LogP contribution in [0.2, 0.25) is 0 Å². The molecule has 20 heavy (non-hydrogen) atoms. The smallest absolute Gasteiger partial charge is 0.253 e. The van der Waals surface area contributed by atoms with E-state index >= 15 is 0 Å². The summed E-state index contributed by atoms with van der Waals surface area (Å²) in [7, 11) is 3.31. The Morgan fingerprint density at radius 1 is 1.55 bits per heavy atom. The summed E-state index contributed by atoms with van der Waals surface area (Å²) in [4.78, 5) is 14.0. The molecule has 1 unspecified atom stereocenters. The zero-order valence-corrected chi connectivity index (χ0v) is 12.5. The molecule has 4 nitrogen and oxygen atoms in total. The summed E-state index contributed by atoms with van der Waals surface area (Å²) in [6, 6.07) is 4.34. The van der Waals surface area contributed by atoms with Crippen LogP contribution in [0.15, 0.2) is 18.2 Å². The first-order valence-corrected chi connectivity index (χ1v) is 6.43. The lowest BCUT2D eigenvalue weighted by molar-refractivity contribution is 0.0786. The summed E-state index contributed by atoms with van der Waals surface area (Å²) < 4.78 is 18.4. The zero-order chi connectivity index (χ0) is 13.8. The Morgan fingerprint density at radius 2 is 2.30 bits per heavy atom. The number of carbonyl (C=O) groups is 1. The van der Waals surface area contributed by atoms with Gasteiger partial charge in [0.2, 0.25) is 0 Å². The van der Waals surface area contributed by atoms with Crippen LogP contribution in [0, 0.1) is 11.7 Å². The van der Waals surface area contributed by atoms with Crippen LogP contribution in [-0.2, 0) is 0 Å². The van der Waals surface area contributed by atoms with Crippen LogP contribution >= 0.6 is 12.4 Å². The minimum Gasteiger partial charge on any atom is -0.494 e. The largest absolute Gasteiger partial charge is 0.494 e. The number of likely N-dealkylation sites (tertiary alicyclic amines) is 1. The minimum atomic E-state index is -0.501. The molecule has 6 heteroatoms. The lowest BCUT2D eigenvalue weighted by Crippen LogP contribution is -2.30. The second-order valence-electron chi connectivity index (χ2n) is 4.81. The third-order valence-corrected chi connectivity index (χ3v) is 3.46. The normalized spacial score (nSPS) is 17.8. The van der Waals surface area contributed by atoms with Crippen molar-refractivity contribution in [2.75, 3.05) is 33.8 Å². The number of nitrogens with one attached hydrogen (secondary N) is 1. The Balaban J connectivity index is 0.00000200. The van der Waals surface area contributed by atoms with Crippen molar-refractivity contribution in [3.05, 3.63) is 29.6 Å². The molecule has 112 valence electrons. The van der Waals surface area contributed by atoms with Gasteiger partial charge in [0, 0.05) is 18.7 Å². The van der Waals surface area contributed by atoms with E-state index in [-0.39, 0.29) is 24.1 Å². The predicted octanol–water partition coefficient (Wildman–Crippen LogP) is 1.94. The van der Waals surface area contributed by atoms with Crippen LogP contribution < -0.4 is 10.1 Å². The van der Waals surface area contributed by atoms with Crippen LogP contribution in [-0.4, -0.2) is 44.6 Å². The van der Waals surface area contributed by atoms with E-state index in [1.807, 2.05) is 7.05 Å². The molecule has 1 atom stereocenters. The standard InChI is InChI=1S/C14H19FN2O2.ClH/c1-16-8-10-5-6-17(9-10)14(18)11-3-4-13(19-2)12(15)7-11;/h3-4,7,10,16H,5-6,8-9H2,1-2H3;1H. The maximum Gasteiger partial charge on any atom is 0.253 e. The number of amides is 1. The van der Waals surface area contributed by atoms with Crippen molar-refractivity contribution < 1.29 is 13.9 Å². The van der Waals surface area contributed by atoms with Crippen molar-refractivity contribution >= 4 is 18.3 Å². The molecule has 0 bridgehead atoms. The van der Waals surface area contributed by atoms with Crippen LogP contribution in [0.4, 0.5) is 4.39 Å². The van der Waals surface area contributed by atoms with Crippen molar-refractivity contribution in [2.45, 2.75) is 6.42 Å². The summed E-state index contributed by atoms with van der Waals surface area (Å²) in [5.74, 6) is 0.0301. The molecule has 1 saturated heterocycles. The molecule has 1 aromatic rings. The number of methoxy groups -OCH3 is 1. The second kappa shape index (κ2) is 7.45. The lowest BCUT2D eigenvalue weighted by Gasteiger charge is -2.17. The summed E-state index contributed by atoms with van der Waals surface area (Å²) in [6.07, 6.45) is 0.991. The maximum absolute atomic E-state index is 13.6. The summed E-state index contributed by atoms with van der Waals surface area (Å²) in [5.41, 5.74) is 0.378. The van der Waals surface area contributed by atoms with E-state index in [1.54, 1.807) is 11.0 Å². The van der Waals surface area contributed by atoms with Gasteiger partial charge in [-0.15, -0.1) is 12.4 Å². The number of hydrogen-bond acceptors (Lipinski definition) is 3. The molecule has 0 spiro atoms. The van der Waals surface area contributed by atoms with Gasteiger partial charge in [0.15, 0.2) is 11.6 Å². The highest BCUT2D eigenvalue weighted by atomic mass is 35.5. The van der Waals surface area contributed by atoms with Crippen LogP contribution in [0.5, 0.6) is 5.75 Å². The number of hydrogen-bond donors (Lipinski definition) is 1. The van der Waals surface area contributed by atoms with E-state index in [1.165, 1.54) is 19.2 Å². The minimum absolute atomic E-state index is 0. The van der Waals surface area contributed by atoms with Gasteiger partial charge < -0.3 is 15.0 Å². The fraction of sp³-hybridized carbons (Fsp3) is 0.500. The molecule has 1 heterocycles. The molecule has 1 N–H and O–H groups in total. The molecule has 0 radical (unpaired) electrons. The van der Waals surface area contributed by atoms with Crippen molar-refractivity contribution in [1.29, 1.82) is 0 Å². The summed E-state index contributed by atoms with van der Waals surface area (Å²) in [6.45, 7) is 2.37. The van der Waals surface area contributed by atoms with Crippen LogP contribution in [0.3, 0.4) is 0 Å². The van der Waals surface area contributed by atoms with Gasteiger partial charge >= 0.3 is 0 Å². The van der Waals surface area contributed by atoms with Gasteiger partial charge in [-0.2, -0.15) is 0 Å². The van der Waals surface area contributed by atoms with Gasteiger partial charge in [-0.3, -0.25) is 4.79 Å². The quantitative estimate of drug-likeness (QED) is 0.924. The molecule has 1 aliphatic rings. The Morgan fingerprint density at radius 3 is 2.90 bits per heavy atom. The monoisotopic (exact) mass is 302 g/mol. The van der Waals surface area contributed by atoms with E-state index in [2.05, 4.69) is 5.32 Å². The highest BCUT2D eigenvalue weighted by Crippen LogP contribution is 2.22. The topological polar surface area (TPSA) is 41.6 Å². The Hall–Kier alpha value is -1.33. The van der Waals surface area contributed by atoms with E-state index < -0.39 is 5.82 Å². The van der Waals surface area contributed by atoms with Gasteiger partial charge in [0.05, 0.1) is 7.11 Å². The summed E-state index contributed by atoms with van der Waals surface area (Å²) in [5, 5.41) is 3.12. The average Bonchev–Trinajstić information content (AvgIpc) is 2.87. The highest BCUT2D eigenvalue weighted by Gasteiger charge is 2.26. The van der Waals surface area contributed by atoms with Crippen LogP contribution in [0.25, 0.3) is 0 Å².